The number of amides is 1. The predicted octanol–water partition coefficient (Wildman–Crippen LogP) is 4.13. The first-order chi connectivity index (χ1) is 13.7. The number of nitrogens with zero attached hydrogens (tertiary/aromatic N) is 2. The van der Waals surface area contributed by atoms with E-state index in [1.807, 2.05) is 29.6 Å². The Morgan fingerprint density at radius 1 is 1.29 bits per heavy atom. The first-order valence-corrected chi connectivity index (χ1v) is 10.8. The molecule has 28 heavy (non-hydrogen) atoms. The third kappa shape index (κ3) is 3.85. The van der Waals surface area contributed by atoms with Crippen molar-refractivity contribution in [2.75, 3.05) is 32.3 Å². The van der Waals surface area contributed by atoms with E-state index in [0.29, 0.717) is 29.4 Å². The Kier molecular flexibility index (Phi) is 5.79. The minimum atomic E-state index is 0.0231. The highest BCUT2D eigenvalue weighted by Gasteiger charge is 2.27. The van der Waals surface area contributed by atoms with Crippen LogP contribution in [-0.2, 0) is 16.0 Å². The molecule has 148 valence electrons. The zero-order chi connectivity index (χ0) is 19.5. The van der Waals surface area contributed by atoms with E-state index >= 15 is 0 Å². The van der Waals surface area contributed by atoms with Crippen LogP contribution in [0.5, 0.6) is 11.5 Å². The van der Waals surface area contributed by atoms with Gasteiger partial charge >= 0.3 is 0 Å². The lowest BCUT2D eigenvalue weighted by Gasteiger charge is -2.22. The van der Waals surface area contributed by atoms with E-state index in [9.17, 15) is 4.79 Å². The molecule has 3 aromatic rings. The molecule has 1 aromatic carbocycles. The predicted molar refractivity (Wildman–Crippen MR) is 112 cm³/mol. The Hall–Kier alpha value is -2.16. The number of fused-ring (bicyclic) bond motifs is 1. The van der Waals surface area contributed by atoms with E-state index in [0.717, 1.165) is 34.8 Å². The molecule has 1 saturated heterocycles. The Bertz CT molecular complexity index is 908. The smallest absolute Gasteiger partial charge is 0.234 e. The van der Waals surface area contributed by atoms with Crippen LogP contribution in [0.4, 0.5) is 5.13 Å². The van der Waals surface area contributed by atoms with E-state index in [1.165, 1.54) is 11.3 Å². The number of methoxy groups -OCH3 is 2. The van der Waals surface area contributed by atoms with Gasteiger partial charge in [0.1, 0.15) is 21.7 Å². The van der Waals surface area contributed by atoms with Crippen molar-refractivity contribution in [3.05, 3.63) is 34.5 Å². The lowest BCUT2D eigenvalue weighted by Crippen LogP contribution is -2.38. The molecule has 1 atom stereocenters. The highest BCUT2D eigenvalue weighted by molar-refractivity contribution is 7.22. The number of thiophene rings is 1. The lowest BCUT2D eigenvalue weighted by atomic mass is 10.2. The van der Waals surface area contributed by atoms with Gasteiger partial charge in [-0.15, -0.1) is 11.3 Å². The van der Waals surface area contributed by atoms with Crippen LogP contribution in [-0.4, -0.2) is 44.4 Å². The highest BCUT2D eigenvalue weighted by atomic mass is 32.1. The van der Waals surface area contributed by atoms with E-state index in [1.54, 1.807) is 30.5 Å². The molecule has 0 aliphatic carbocycles. The lowest BCUT2D eigenvalue weighted by molar-refractivity contribution is -0.118. The van der Waals surface area contributed by atoms with E-state index in [-0.39, 0.29) is 12.0 Å². The van der Waals surface area contributed by atoms with Gasteiger partial charge in [0.25, 0.3) is 0 Å². The van der Waals surface area contributed by atoms with Crippen LogP contribution >= 0.6 is 22.7 Å². The number of carbonyl (C=O) groups is 1. The van der Waals surface area contributed by atoms with Gasteiger partial charge in [-0.05, 0) is 36.4 Å². The molecule has 0 spiro atoms. The van der Waals surface area contributed by atoms with E-state index < -0.39 is 0 Å². The van der Waals surface area contributed by atoms with Gasteiger partial charge in [0.2, 0.25) is 5.91 Å². The topological polar surface area (TPSA) is 60.9 Å². The molecule has 1 amide bonds. The first-order valence-electron chi connectivity index (χ1n) is 9.15. The van der Waals surface area contributed by atoms with E-state index in [2.05, 4.69) is 0 Å². The summed E-state index contributed by atoms with van der Waals surface area (Å²) >= 11 is 3.04. The number of hydrogen-bond acceptors (Lipinski definition) is 7. The number of carbonyl (C=O) groups excluding carboxylic acids is 1. The SMILES string of the molecule is COc1ccc(OC)c2sc(N(CC3CCCO3)C(=O)Cc3cccs3)nc12. The number of thiazole rings is 1. The standard InChI is InChI=1S/C20H22N2O4S2/c1-24-15-7-8-16(25-2)19-18(15)21-20(28-19)22(12-13-5-3-9-26-13)17(23)11-14-6-4-10-27-14/h4,6-8,10,13H,3,5,9,11-12H2,1-2H3. The number of hydrogen-bond donors (Lipinski definition) is 0. The second kappa shape index (κ2) is 8.46. The molecule has 1 aliphatic rings. The summed E-state index contributed by atoms with van der Waals surface area (Å²) in [6.07, 6.45) is 2.39. The van der Waals surface area contributed by atoms with Gasteiger partial charge in [-0.1, -0.05) is 17.4 Å². The average Bonchev–Trinajstić information content (AvgIpc) is 3.46. The maximum atomic E-state index is 13.2. The molecule has 6 nitrogen and oxygen atoms in total. The van der Waals surface area contributed by atoms with Crippen molar-refractivity contribution in [2.45, 2.75) is 25.4 Å². The van der Waals surface area contributed by atoms with Crippen molar-refractivity contribution >= 4 is 43.9 Å². The van der Waals surface area contributed by atoms with Crippen molar-refractivity contribution in [1.29, 1.82) is 0 Å². The normalized spacial score (nSPS) is 16.4. The molecule has 8 heteroatoms. The maximum absolute atomic E-state index is 13.2. The fourth-order valence-electron chi connectivity index (χ4n) is 3.33. The summed E-state index contributed by atoms with van der Waals surface area (Å²) in [5.41, 5.74) is 0.711. The Morgan fingerprint density at radius 3 is 2.79 bits per heavy atom. The van der Waals surface area contributed by atoms with Crippen molar-refractivity contribution in [3.63, 3.8) is 0 Å². The molecule has 4 rings (SSSR count). The summed E-state index contributed by atoms with van der Waals surface area (Å²) in [4.78, 5) is 20.7. The molecule has 0 saturated carbocycles. The third-order valence-corrected chi connectivity index (χ3v) is 6.72. The zero-order valence-corrected chi connectivity index (χ0v) is 17.5. The van der Waals surface area contributed by atoms with Gasteiger partial charge < -0.3 is 14.2 Å². The van der Waals surface area contributed by atoms with Crippen LogP contribution < -0.4 is 14.4 Å². The minimum absolute atomic E-state index is 0.0231. The molecule has 0 N–H and O–H groups in total. The Labute approximate surface area is 171 Å². The van der Waals surface area contributed by atoms with Gasteiger partial charge in [-0.3, -0.25) is 9.69 Å². The van der Waals surface area contributed by atoms with Crippen LogP contribution in [0.2, 0.25) is 0 Å². The number of ether oxygens (including phenoxy) is 3. The quantitative estimate of drug-likeness (QED) is 0.577. The molecule has 1 unspecified atom stereocenters. The number of benzene rings is 1. The van der Waals surface area contributed by atoms with Gasteiger partial charge in [0.15, 0.2) is 5.13 Å². The molecule has 0 radical (unpaired) electrons. The van der Waals surface area contributed by atoms with Crippen LogP contribution in [0.3, 0.4) is 0 Å². The summed E-state index contributed by atoms with van der Waals surface area (Å²) in [7, 11) is 3.25. The Morgan fingerprint density at radius 2 is 2.11 bits per heavy atom. The molecule has 0 bridgehead atoms. The second-order valence-corrected chi connectivity index (χ2v) is 8.55. The van der Waals surface area contributed by atoms with Gasteiger partial charge in [-0.25, -0.2) is 4.98 Å². The highest BCUT2D eigenvalue weighted by Crippen LogP contribution is 2.40. The zero-order valence-electron chi connectivity index (χ0n) is 15.8. The molecular formula is C20H22N2O4S2. The number of rotatable bonds is 7. The molecule has 3 heterocycles. The second-order valence-electron chi connectivity index (χ2n) is 6.54. The third-order valence-electron chi connectivity index (χ3n) is 4.75. The molecule has 1 aliphatic heterocycles. The number of aromatic nitrogens is 1. The first kappa shape index (κ1) is 19.2. The monoisotopic (exact) mass is 418 g/mol. The van der Waals surface area contributed by atoms with Gasteiger partial charge in [-0.2, -0.15) is 0 Å². The summed E-state index contributed by atoms with van der Waals surface area (Å²) in [5.74, 6) is 1.42. The summed E-state index contributed by atoms with van der Waals surface area (Å²) < 4.78 is 17.6. The molecular weight excluding hydrogens is 396 g/mol. The van der Waals surface area contributed by atoms with E-state index in [4.69, 9.17) is 19.2 Å². The van der Waals surface area contributed by atoms with Crippen LogP contribution in [0.1, 0.15) is 17.7 Å². The van der Waals surface area contributed by atoms with Crippen molar-refractivity contribution < 1.29 is 19.0 Å². The molecule has 2 aromatic heterocycles. The van der Waals surface area contributed by atoms with Gasteiger partial charge in [0, 0.05) is 11.5 Å². The minimum Gasteiger partial charge on any atom is -0.495 e. The maximum Gasteiger partial charge on any atom is 0.234 e. The van der Waals surface area contributed by atoms with Crippen molar-refractivity contribution in [2.24, 2.45) is 0 Å². The van der Waals surface area contributed by atoms with Gasteiger partial charge in [0.05, 0.1) is 33.3 Å². The van der Waals surface area contributed by atoms with Crippen molar-refractivity contribution in [1.82, 2.24) is 4.98 Å². The summed E-state index contributed by atoms with van der Waals surface area (Å²) in [6, 6.07) is 7.64. The average molecular weight is 419 g/mol. The number of anilines is 1. The fraction of sp³-hybridized carbons (Fsp3) is 0.400. The molecule has 1 fully saturated rings. The van der Waals surface area contributed by atoms with Crippen LogP contribution in [0.15, 0.2) is 29.6 Å². The summed E-state index contributed by atoms with van der Waals surface area (Å²) in [6.45, 7) is 1.26. The van der Waals surface area contributed by atoms with Crippen LogP contribution in [0.25, 0.3) is 10.2 Å². The Balaban J connectivity index is 1.71. The fourth-order valence-corrected chi connectivity index (χ4v) is 5.12. The summed E-state index contributed by atoms with van der Waals surface area (Å²) in [5, 5.41) is 2.63. The van der Waals surface area contributed by atoms with Crippen LogP contribution in [0, 0.1) is 0 Å². The van der Waals surface area contributed by atoms with Crippen molar-refractivity contribution in [3.8, 4) is 11.5 Å². The largest absolute Gasteiger partial charge is 0.495 e.